The first-order chi connectivity index (χ1) is 11.6. The van der Waals surface area contributed by atoms with E-state index in [9.17, 15) is 13.6 Å². The van der Waals surface area contributed by atoms with Gasteiger partial charge in [-0.15, -0.1) is 0 Å². The molecule has 0 unspecified atom stereocenters. The first kappa shape index (κ1) is 17.8. The molecule has 2 rings (SSSR count). The number of aromatic nitrogens is 1. The van der Waals surface area contributed by atoms with Crippen molar-refractivity contribution in [3.8, 4) is 0 Å². The summed E-state index contributed by atoms with van der Waals surface area (Å²) in [6.45, 7) is 5.94. The molecule has 0 saturated heterocycles. The lowest BCUT2D eigenvalue weighted by Crippen LogP contribution is -2.26. The Hall–Kier alpha value is -2.50. The molecule has 1 N–H and O–H groups in total. The van der Waals surface area contributed by atoms with Crippen molar-refractivity contribution >= 4 is 17.4 Å². The molecule has 4 nitrogen and oxygen atoms in total. The SMILES string of the molecule is CCCN(CCC)c1ccc(C(=O)Nc2c(F)cccc2F)cn1. The molecular formula is C18H21F2N3O. The number of para-hydroxylation sites is 1. The van der Waals surface area contributed by atoms with Crippen LogP contribution < -0.4 is 10.2 Å². The molecule has 1 amide bonds. The summed E-state index contributed by atoms with van der Waals surface area (Å²) in [6, 6.07) is 6.78. The van der Waals surface area contributed by atoms with E-state index in [4.69, 9.17) is 0 Å². The van der Waals surface area contributed by atoms with Gasteiger partial charge in [0, 0.05) is 19.3 Å². The van der Waals surface area contributed by atoms with Crippen LogP contribution in [0.15, 0.2) is 36.5 Å². The first-order valence-corrected chi connectivity index (χ1v) is 8.03. The van der Waals surface area contributed by atoms with Crippen molar-refractivity contribution in [1.29, 1.82) is 0 Å². The van der Waals surface area contributed by atoms with Crippen molar-refractivity contribution in [3.05, 3.63) is 53.7 Å². The molecule has 0 atom stereocenters. The van der Waals surface area contributed by atoms with Crippen molar-refractivity contribution in [2.75, 3.05) is 23.3 Å². The van der Waals surface area contributed by atoms with Gasteiger partial charge in [-0.2, -0.15) is 0 Å². The van der Waals surface area contributed by atoms with Crippen LogP contribution in [0.4, 0.5) is 20.3 Å². The number of carbonyl (C=O) groups excluding carboxylic acids is 1. The summed E-state index contributed by atoms with van der Waals surface area (Å²) in [6.07, 6.45) is 3.41. The topological polar surface area (TPSA) is 45.2 Å². The van der Waals surface area contributed by atoms with Gasteiger partial charge in [-0.05, 0) is 37.1 Å². The second kappa shape index (κ2) is 8.38. The number of hydrogen-bond donors (Lipinski definition) is 1. The monoisotopic (exact) mass is 333 g/mol. The largest absolute Gasteiger partial charge is 0.357 e. The van der Waals surface area contributed by atoms with Crippen LogP contribution in [0.2, 0.25) is 0 Å². The molecule has 0 fully saturated rings. The van der Waals surface area contributed by atoms with Crippen LogP contribution in [0.1, 0.15) is 37.0 Å². The van der Waals surface area contributed by atoms with Crippen molar-refractivity contribution in [3.63, 3.8) is 0 Å². The maximum atomic E-state index is 13.6. The molecular weight excluding hydrogens is 312 g/mol. The predicted octanol–water partition coefficient (Wildman–Crippen LogP) is 4.24. The molecule has 1 aromatic carbocycles. The summed E-state index contributed by atoms with van der Waals surface area (Å²) < 4.78 is 27.2. The van der Waals surface area contributed by atoms with E-state index >= 15 is 0 Å². The molecule has 0 aliphatic rings. The number of rotatable bonds is 7. The zero-order valence-electron chi connectivity index (χ0n) is 13.9. The van der Waals surface area contributed by atoms with Crippen LogP contribution in [0.3, 0.4) is 0 Å². The summed E-state index contributed by atoms with van der Waals surface area (Å²) in [5, 5.41) is 2.25. The maximum Gasteiger partial charge on any atom is 0.257 e. The molecule has 0 aliphatic heterocycles. The Balaban J connectivity index is 2.13. The highest BCUT2D eigenvalue weighted by Crippen LogP contribution is 2.19. The third kappa shape index (κ3) is 4.28. The van der Waals surface area contributed by atoms with Crippen molar-refractivity contribution < 1.29 is 13.6 Å². The van der Waals surface area contributed by atoms with Gasteiger partial charge >= 0.3 is 0 Å². The van der Waals surface area contributed by atoms with Crippen LogP contribution in [0.5, 0.6) is 0 Å². The Morgan fingerprint density at radius 1 is 1.08 bits per heavy atom. The van der Waals surface area contributed by atoms with Gasteiger partial charge in [-0.3, -0.25) is 4.79 Å². The number of amides is 1. The normalized spacial score (nSPS) is 10.5. The third-order valence-electron chi connectivity index (χ3n) is 3.52. The number of benzene rings is 1. The average molecular weight is 333 g/mol. The van der Waals surface area contributed by atoms with Crippen LogP contribution in [-0.2, 0) is 0 Å². The second-order valence-electron chi connectivity index (χ2n) is 5.44. The minimum absolute atomic E-state index is 0.245. The number of nitrogens with one attached hydrogen (secondary N) is 1. The summed E-state index contributed by atoms with van der Waals surface area (Å²) in [5.41, 5.74) is -0.209. The fraction of sp³-hybridized carbons (Fsp3) is 0.333. The van der Waals surface area contributed by atoms with Crippen molar-refractivity contribution in [1.82, 2.24) is 4.98 Å². The van der Waals surface area contributed by atoms with Gasteiger partial charge < -0.3 is 10.2 Å². The van der Waals surface area contributed by atoms with Gasteiger partial charge in [0.25, 0.3) is 5.91 Å². The molecule has 1 heterocycles. The zero-order valence-corrected chi connectivity index (χ0v) is 13.9. The summed E-state index contributed by atoms with van der Waals surface area (Å²) in [7, 11) is 0. The number of halogens is 2. The number of hydrogen-bond acceptors (Lipinski definition) is 3. The number of anilines is 2. The molecule has 1 aromatic heterocycles. The van der Waals surface area contributed by atoms with Crippen LogP contribution in [0.25, 0.3) is 0 Å². The average Bonchev–Trinajstić information content (AvgIpc) is 2.58. The van der Waals surface area contributed by atoms with E-state index in [0.29, 0.717) is 0 Å². The summed E-state index contributed by atoms with van der Waals surface area (Å²) >= 11 is 0. The molecule has 128 valence electrons. The highest BCUT2D eigenvalue weighted by Gasteiger charge is 2.14. The number of pyridine rings is 1. The Morgan fingerprint density at radius 2 is 1.71 bits per heavy atom. The van der Waals surface area contributed by atoms with Gasteiger partial charge in [-0.25, -0.2) is 13.8 Å². The minimum atomic E-state index is -0.815. The molecule has 0 radical (unpaired) electrons. The zero-order chi connectivity index (χ0) is 17.5. The number of nitrogens with zero attached hydrogens (tertiary/aromatic N) is 2. The van der Waals surface area contributed by atoms with E-state index in [1.54, 1.807) is 12.1 Å². The van der Waals surface area contributed by atoms with Gasteiger partial charge in [0.15, 0.2) is 0 Å². The Labute approximate surface area is 140 Å². The van der Waals surface area contributed by atoms with Gasteiger partial charge in [0.2, 0.25) is 0 Å². The van der Waals surface area contributed by atoms with Gasteiger partial charge in [-0.1, -0.05) is 19.9 Å². The van der Waals surface area contributed by atoms with Crippen LogP contribution in [0, 0.1) is 11.6 Å². The lowest BCUT2D eigenvalue weighted by atomic mass is 10.2. The smallest absolute Gasteiger partial charge is 0.257 e. The van der Waals surface area contributed by atoms with Gasteiger partial charge in [0.1, 0.15) is 23.1 Å². The van der Waals surface area contributed by atoms with Crippen molar-refractivity contribution in [2.24, 2.45) is 0 Å². The Bertz CT molecular complexity index is 663. The lowest BCUT2D eigenvalue weighted by Gasteiger charge is -2.22. The van der Waals surface area contributed by atoms with E-state index in [1.165, 1.54) is 12.3 Å². The highest BCUT2D eigenvalue weighted by molar-refractivity contribution is 6.04. The van der Waals surface area contributed by atoms with Gasteiger partial charge in [0.05, 0.1) is 5.56 Å². The minimum Gasteiger partial charge on any atom is -0.357 e. The Kier molecular flexibility index (Phi) is 6.23. The Morgan fingerprint density at radius 3 is 2.21 bits per heavy atom. The predicted molar refractivity (Wildman–Crippen MR) is 91.3 cm³/mol. The fourth-order valence-electron chi connectivity index (χ4n) is 2.39. The molecule has 0 spiro atoms. The maximum absolute atomic E-state index is 13.6. The molecule has 0 saturated carbocycles. The molecule has 24 heavy (non-hydrogen) atoms. The highest BCUT2D eigenvalue weighted by atomic mass is 19.1. The molecule has 2 aromatic rings. The molecule has 0 aliphatic carbocycles. The third-order valence-corrected chi connectivity index (χ3v) is 3.52. The second-order valence-corrected chi connectivity index (χ2v) is 5.44. The van der Waals surface area contributed by atoms with E-state index in [-0.39, 0.29) is 5.56 Å². The molecule has 6 heteroatoms. The van der Waals surface area contributed by atoms with Crippen molar-refractivity contribution in [2.45, 2.75) is 26.7 Å². The molecule has 0 bridgehead atoms. The van der Waals surface area contributed by atoms with E-state index in [2.05, 4.69) is 29.0 Å². The van der Waals surface area contributed by atoms with Crippen LogP contribution >= 0.6 is 0 Å². The summed E-state index contributed by atoms with van der Waals surface area (Å²) in [5.74, 6) is -1.45. The van der Waals surface area contributed by atoms with E-state index < -0.39 is 23.2 Å². The van der Waals surface area contributed by atoms with Crippen LogP contribution in [-0.4, -0.2) is 24.0 Å². The fourth-order valence-corrected chi connectivity index (χ4v) is 2.39. The summed E-state index contributed by atoms with van der Waals surface area (Å²) in [4.78, 5) is 18.6. The van der Waals surface area contributed by atoms with E-state index in [1.807, 2.05) is 0 Å². The first-order valence-electron chi connectivity index (χ1n) is 8.03. The lowest BCUT2D eigenvalue weighted by molar-refractivity contribution is 0.102. The standard InChI is InChI=1S/C18H21F2N3O/c1-3-10-23(11-4-2)16-9-8-13(12-21-16)18(24)22-17-14(19)6-5-7-15(17)20/h5-9,12H,3-4,10-11H2,1-2H3,(H,22,24). The number of carbonyl (C=O) groups is 1. The van der Waals surface area contributed by atoms with E-state index in [0.717, 1.165) is 43.9 Å². The quantitative estimate of drug-likeness (QED) is 0.824.